The predicted octanol–water partition coefficient (Wildman–Crippen LogP) is 7.78. The lowest BCUT2D eigenvalue weighted by Gasteiger charge is -2.59. The summed E-state index contributed by atoms with van der Waals surface area (Å²) in [6.45, 7) is 10.6. The number of rotatable bonds is 17. The molecule has 11 heteroatoms. The highest BCUT2D eigenvalue weighted by molar-refractivity contribution is 6.02. The number of ether oxygens (including phenoxy) is 4. The molecule has 3 aliphatic rings. The molecule has 2 aliphatic carbocycles. The van der Waals surface area contributed by atoms with Crippen molar-refractivity contribution >= 4 is 11.8 Å². The Morgan fingerprint density at radius 1 is 1.11 bits per heavy atom. The minimum Gasteiger partial charge on any atom is -0.489 e. The Morgan fingerprint density at radius 3 is 2.53 bits per heavy atom. The summed E-state index contributed by atoms with van der Waals surface area (Å²) in [6.07, 6.45) is 8.33. The first-order valence-electron chi connectivity index (χ1n) is 18.8. The molecular formula is C42H57FN2O8. The first-order chi connectivity index (χ1) is 25.5. The van der Waals surface area contributed by atoms with Crippen molar-refractivity contribution < 1.29 is 43.2 Å². The average Bonchev–Trinajstić information content (AvgIpc) is 3.14. The maximum atomic E-state index is 14.6. The Morgan fingerprint density at radius 2 is 1.85 bits per heavy atom. The fraction of sp³-hybridized carbons (Fsp3) is 0.571. The largest absolute Gasteiger partial charge is 0.489 e. The number of allylic oxidation sites excluding steroid dienone is 1. The van der Waals surface area contributed by atoms with Crippen LogP contribution >= 0.6 is 0 Å². The molecule has 1 aliphatic heterocycles. The number of oxime groups is 1. The smallest absolute Gasteiger partial charge is 0.410 e. The summed E-state index contributed by atoms with van der Waals surface area (Å²) in [7, 11) is 3.23. The van der Waals surface area contributed by atoms with Gasteiger partial charge in [-0.15, -0.1) is 6.58 Å². The molecule has 1 heterocycles. The molecule has 53 heavy (non-hydrogen) atoms. The number of hydrogen-bond donors (Lipinski definition) is 2. The number of halogens is 1. The van der Waals surface area contributed by atoms with Gasteiger partial charge in [0.1, 0.15) is 37.1 Å². The number of carbonyl (C=O) groups is 1. The fourth-order valence-electron chi connectivity index (χ4n) is 8.21. The third-order valence-corrected chi connectivity index (χ3v) is 10.6. The lowest BCUT2D eigenvalue weighted by atomic mass is 9.55. The predicted molar refractivity (Wildman–Crippen MR) is 201 cm³/mol. The van der Waals surface area contributed by atoms with E-state index in [0.29, 0.717) is 35.6 Å². The maximum absolute atomic E-state index is 14.6. The molecule has 0 spiro atoms. The van der Waals surface area contributed by atoms with Crippen molar-refractivity contribution in [1.29, 1.82) is 0 Å². The van der Waals surface area contributed by atoms with Crippen LogP contribution in [-0.2, 0) is 20.9 Å². The minimum absolute atomic E-state index is 0.0514. The molecule has 0 saturated heterocycles. The van der Waals surface area contributed by atoms with E-state index in [1.807, 2.05) is 39.0 Å². The van der Waals surface area contributed by atoms with Crippen molar-refractivity contribution in [2.75, 3.05) is 40.6 Å². The van der Waals surface area contributed by atoms with E-state index in [1.165, 1.54) is 13.2 Å². The number of nitrogens with zero attached hydrogens (tertiary/aromatic N) is 2. The summed E-state index contributed by atoms with van der Waals surface area (Å²) >= 11 is 0. The second-order valence-electron chi connectivity index (χ2n) is 15.6. The molecular weight excluding hydrogens is 679 g/mol. The number of unbranched alkanes of at least 4 members (excludes halogenated alkanes) is 2. The second-order valence-corrected chi connectivity index (χ2v) is 15.6. The standard InChI is InChI=1S/C42H57FN2O8/c1-7-22-52-42-37(45(5)40(48)51-27-41(2,3)4)25-35(44-49-6)32-23-28(14-10-12-20-46)31(16-11-13-21-47)38(39(32)42)33-24-30(18-19-36(33)53-42)50-26-29-15-8-9-17-34(29)43/h7-9,15,17-19,23-24,28,31,37-39,46-47H,1,10-14,16,20-22,25-27H2,2-6H3/t28-,31+,37-,38+,39+,42+/m0/s1. The quantitative estimate of drug-likeness (QED) is 0.0961. The molecule has 1 fully saturated rings. The molecule has 1 saturated carbocycles. The van der Waals surface area contributed by atoms with Crippen LogP contribution in [0.5, 0.6) is 11.5 Å². The van der Waals surface area contributed by atoms with Gasteiger partial charge in [0.25, 0.3) is 0 Å². The van der Waals surface area contributed by atoms with Gasteiger partial charge in [0.05, 0.1) is 24.8 Å². The number of likely N-dealkylation sites (N-methyl/N-ethyl adjacent to an activating group) is 1. The topological polar surface area (TPSA) is 119 Å². The summed E-state index contributed by atoms with van der Waals surface area (Å²) in [5.41, 5.74) is 2.75. The molecule has 290 valence electrons. The average molecular weight is 737 g/mol. The van der Waals surface area contributed by atoms with Crippen LogP contribution in [0.4, 0.5) is 9.18 Å². The van der Waals surface area contributed by atoms with Gasteiger partial charge in [0, 0.05) is 43.7 Å². The van der Waals surface area contributed by atoms with E-state index in [-0.39, 0.29) is 68.4 Å². The SMILES string of the molecule is C=CCO[C@@]12Oc3ccc(OCc4ccccc4F)cc3[C@H]3[C@H](CCCCO)[C@@H](CCCCO)C=C(C(=NOC)C[C@@H]1N(C)C(=O)OCC(C)(C)C)[C@H]32. The van der Waals surface area contributed by atoms with Crippen molar-refractivity contribution in [2.45, 2.75) is 90.1 Å². The highest BCUT2D eigenvalue weighted by atomic mass is 19.1. The zero-order valence-corrected chi connectivity index (χ0v) is 31.9. The van der Waals surface area contributed by atoms with Crippen LogP contribution in [0.25, 0.3) is 0 Å². The van der Waals surface area contributed by atoms with Crippen LogP contribution in [0.3, 0.4) is 0 Å². The number of aliphatic hydroxyl groups is 2. The van der Waals surface area contributed by atoms with Crippen LogP contribution in [-0.4, -0.2) is 79.3 Å². The zero-order valence-electron chi connectivity index (χ0n) is 31.9. The molecule has 10 nitrogen and oxygen atoms in total. The van der Waals surface area contributed by atoms with Gasteiger partial charge in [-0.25, -0.2) is 9.18 Å². The Bertz CT molecular complexity index is 1620. The van der Waals surface area contributed by atoms with Gasteiger partial charge < -0.3 is 38.9 Å². The molecule has 2 aromatic carbocycles. The highest BCUT2D eigenvalue weighted by Crippen LogP contribution is 2.61. The molecule has 1 amide bonds. The molecule has 2 aromatic rings. The molecule has 2 N–H and O–H groups in total. The molecule has 0 unspecified atom stereocenters. The van der Waals surface area contributed by atoms with E-state index in [9.17, 15) is 19.4 Å². The molecule has 6 atom stereocenters. The Balaban J connectivity index is 1.69. The fourth-order valence-corrected chi connectivity index (χ4v) is 8.21. The van der Waals surface area contributed by atoms with E-state index in [0.717, 1.165) is 36.8 Å². The van der Waals surface area contributed by atoms with Crippen LogP contribution in [0.2, 0.25) is 0 Å². The number of aliphatic hydroxyl groups excluding tert-OH is 2. The van der Waals surface area contributed by atoms with Gasteiger partial charge >= 0.3 is 6.09 Å². The van der Waals surface area contributed by atoms with Crippen LogP contribution in [0, 0.1) is 29.0 Å². The summed E-state index contributed by atoms with van der Waals surface area (Å²) in [4.78, 5) is 20.9. The third kappa shape index (κ3) is 9.07. The van der Waals surface area contributed by atoms with E-state index < -0.39 is 23.8 Å². The maximum Gasteiger partial charge on any atom is 0.410 e. The number of amides is 1. The van der Waals surface area contributed by atoms with Gasteiger partial charge in [-0.1, -0.05) is 69.1 Å². The van der Waals surface area contributed by atoms with Crippen LogP contribution < -0.4 is 9.47 Å². The summed E-state index contributed by atoms with van der Waals surface area (Å²) in [5, 5.41) is 24.1. The number of benzene rings is 2. The van der Waals surface area contributed by atoms with E-state index in [2.05, 4.69) is 17.8 Å². The Hall–Kier alpha value is -3.93. The van der Waals surface area contributed by atoms with Crippen LogP contribution in [0.15, 0.2) is 71.9 Å². The number of hydrogen-bond acceptors (Lipinski definition) is 9. The minimum atomic E-state index is -1.37. The first kappa shape index (κ1) is 40.3. The van der Waals surface area contributed by atoms with Gasteiger partial charge in [0.2, 0.25) is 5.79 Å². The summed E-state index contributed by atoms with van der Waals surface area (Å²) in [5.74, 6) is -1.04. The first-order valence-corrected chi connectivity index (χ1v) is 18.8. The lowest BCUT2D eigenvalue weighted by Crippen LogP contribution is -2.69. The van der Waals surface area contributed by atoms with E-state index in [1.54, 1.807) is 36.2 Å². The van der Waals surface area contributed by atoms with E-state index >= 15 is 0 Å². The normalized spacial score (nSPS) is 25.4. The number of carbonyl (C=O) groups excluding carboxylic acids is 1. The number of fused-ring (bicyclic) bond motifs is 2. The third-order valence-electron chi connectivity index (χ3n) is 10.6. The van der Waals surface area contributed by atoms with Gasteiger partial charge in [-0.2, -0.15) is 0 Å². The van der Waals surface area contributed by atoms with Crippen LogP contribution in [0.1, 0.15) is 82.8 Å². The highest BCUT2D eigenvalue weighted by Gasteiger charge is 2.65. The Labute approximate surface area is 313 Å². The monoisotopic (exact) mass is 736 g/mol. The zero-order chi connectivity index (χ0) is 38.2. The molecule has 5 rings (SSSR count). The lowest BCUT2D eigenvalue weighted by molar-refractivity contribution is -0.253. The van der Waals surface area contributed by atoms with Crippen molar-refractivity contribution in [3.63, 3.8) is 0 Å². The van der Waals surface area contributed by atoms with E-state index in [4.69, 9.17) is 23.8 Å². The molecule has 0 bridgehead atoms. The van der Waals surface area contributed by atoms with Crippen molar-refractivity contribution in [3.8, 4) is 11.5 Å². The molecule has 0 radical (unpaired) electrons. The van der Waals surface area contributed by atoms with Gasteiger partial charge in [-0.3, -0.25) is 0 Å². The van der Waals surface area contributed by atoms with Gasteiger partial charge in [-0.05, 0) is 72.8 Å². The summed E-state index contributed by atoms with van der Waals surface area (Å²) in [6, 6.07) is 11.6. The van der Waals surface area contributed by atoms with Gasteiger partial charge in [0.15, 0.2) is 0 Å². The van der Waals surface area contributed by atoms with Crippen molar-refractivity contribution in [2.24, 2.45) is 28.3 Å². The van der Waals surface area contributed by atoms with Crippen molar-refractivity contribution in [3.05, 3.63) is 83.7 Å². The molecule has 0 aromatic heterocycles. The second kappa shape index (κ2) is 17.9. The Kier molecular flexibility index (Phi) is 13.6. The van der Waals surface area contributed by atoms with Crippen molar-refractivity contribution in [1.82, 2.24) is 4.90 Å². The summed E-state index contributed by atoms with van der Waals surface area (Å²) < 4.78 is 40.6.